The molecule has 0 aromatic heterocycles. The van der Waals surface area contributed by atoms with Gasteiger partial charge in [0, 0.05) is 10.7 Å². The van der Waals surface area contributed by atoms with Gasteiger partial charge in [-0.2, -0.15) is 0 Å². The maximum Gasteiger partial charge on any atom is 0.265 e. The Morgan fingerprint density at radius 3 is 2.87 bits per heavy atom. The number of hydrogen-bond acceptors (Lipinski definition) is 3. The van der Waals surface area contributed by atoms with Crippen LogP contribution < -0.4 is 15.4 Å². The van der Waals surface area contributed by atoms with Gasteiger partial charge in [0.25, 0.3) is 11.8 Å². The minimum absolute atomic E-state index is 0.163. The zero-order valence-corrected chi connectivity index (χ0v) is 12.8. The molecule has 0 bridgehead atoms. The molecule has 2 N–H and O–H groups in total. The van der Waals surface area contributed by atoms with E-state index in [2.05, 4.69) is 10.6 Å². The highest BCUT2D eigenvalue weighted by Crippen LogP contribution is 2.32. The van der Waals surface area contributed by atoms with Gasteiger partial charge in [0.1, 0.15) is 11.6 Å². The lowest BCUT2D eigenvalue weighted by Gasteiger charge is -2.23. The predicted octanol–water partition coefficient (Wildman–Crippen LogP) is 3.45. The number of anilines is 2. The molecular formula is C16H12ClFN2O3. The molecule has 7 heteroatoms. The third-order valence-electron chi connectivity index (χ3n) is 3.34. The number of hydrogen-bond donors (Lipinski definition) is 2. The summed E-state index contributed by atoms with van der Waals surface area (Å²) in [5.74, 6) is -1.08. The molecule has 118 valence electrons. The molecule has 1 atom stereocenters. The number of benzene rings is 2. The van der Waals surface area contributed by atoms with Crippen LogP contribution in [0.1, 0.15) is 17.3 Å². The van der Waals surface area contributed by atoms with E-state index in [1.165, 1.54) is 12.1 Å². The van der Waals surface area contributed by atoms with Crippen molar-refractivity contribution in [2.24, 2.45) is 0 Å². The summed E-state index contributed by atoms with van der Waals surface area (Å²) >= 11 is 5.78. The van der Waals surface area contributed by atoms with E-state index < -0.39 is 17.8 Å². The summed E-state index contributed by atoms with van der Waals surface area (Å²) in [6.07, 6.45) is -0.580. The van der Waals surface area contributed by atoms with Gasteiger partial charge in [0.2, 0.25) is 0 Å². The number of carbonyl (C=O) groups excluding carboxylic acids is 2. The third kappa shape index (κ3) is 3.12. The number of ether oxygens (including phenoxy) is 1. The van der Waals surface area contributed by atoms with E-state index in [-0.39, 0.29) is 16.5 Å². The van der Waals surface area contributed by atoms with E-state index >= 15 is 0 Å². The van der Waals surface area contributed by atoms with Crippen molar-refractivity contribution in [3.05, 3.63) is 52.8 Å². The monoisotopic (exact) mass is 334 g/mol. The minimum Gasteiger partial charge on any atom is -0.479 e. The summed E-state index contributed by atoms with van der Waals surface area (Å²) in [6.45, 7) is 1.63. The Bertz CT molecular complexity index is 810. The van der Waals surface area contributed by atoms with Crippen molar-refractivity contribution in [1.82, 2.24) is 0 Å². The quantitative estimate of drug-likeness (QED) is 0.884. The highest BCUT2D eigenvalue weighted by molar-refractivity contribution is 6.31. The van der Waals surface area contributed by atoms with Crippen molar-refractivity contribution in [2.45, 2.75) is 13.0 Å². The van der Waals surface area contributed by atoms with Crippen LogP contribution in [0, 0.1) is 5.82 Å². The maximum absolute atomic E-state index is 13.7. The van der Waals surface area contributed by atoms with Crippen LogP contribution in [0.3, 0.4) is 0 Å². The maximum atomic E-state index is 13.7. The van der Waals surface area contributed by atoms with Gasteiger partial charge >= 0.3 is 0 Å². The van der Waals surface area contributed by atoms with Gasteiger partial charge in [0.15, 0.2) is 6.10 Å². The summed E-state index contributed by atoms with van der Waals surface area (Å²) in [6, 6.07) is 8.50. The molecule has 1 heterocycles. The SMILES string of the molecule is C[C@@H]1Oc2ccc(NC(=O)c3cc(Cl)ccc3F)cc2NC1=O. The van der Waals surface area contributed by atoms with Crippen LogP contribution in [0.15, 0.2) is 36.4 Å². The number of halogens is 2. The average Bonchev–Trinajstić information content (AvgIpc) is 2.51. The summed E-state index contributed by atoms with van der Waals surface area (Å²) < 4.78 is 19.1. The highest BCUT2D eigenvalue weighted by Gasteiger charge is 2.23. The highest BCUT2D eigenvalue weighted by atomic mass is 35.5. The summed E-state index contributed by atoms with van der Waals surface area (Å²) in [5, 5.41) is 5.49. The molecule has 0 unspecified atom stereocenters. The molecule has 0 saturated heterocycles. The standard InChI is InChI=1S/C16H12ClFN2O3/c1-8-15(21)20-13-7-10(3-5-14(13)23-8)19-16(22)11-6-9(17)2-4-12(11)18/h2-8H,1H3,(H,19,22)(H,20,21)/t8-/m0/s1. The smallest absolute Gasteiger partial charge is 0.265 e. The molecule has 0 aliphatic carbocycles. The average molecular weight is 335 g/mol. The van der Waals surface area contributed by atoms with E-state index in [1.54, 1.807) is 25.1 Å². The first-order chi connectivity index (χ1) is 10.9. The van der Waals surface area contributed by atoms with Gasteiger partial charge in [-0.05, 0) is 43.3 Å². The Labute approximate surface area is 136 Å². The molecule has 0 fully saturated rings. The molecule has 1 aliphatic heterocycles. The van der Waals surface area contributed by atoms with E-state index in [0.29, 0.717) is 17.1 Å². The molecule has 2 aromatic rings. The Morgan fingerprint density at radius 2 is 2.09 bits per heavy atom. The second-order valence-corrected chi connectivity index (χ2v) is 5.47. The fourth-order valence-electron chi connectivity index (χ4n) is 2.16. The number of fused-ring (bicyclic) bond motifs is 1. The van der Waals surface area contributed by atoms with Crippen molar-refractivity contribution < 1.29 is 18.7 Å². The largest absolute Gasteiger partial charge is 0.479 e. The van der Waals surface area contributed by atoms with Crippen LogP contribution >= 0.6 is 11.6 Å². The third-order valence-corrected chi connectivity index (χ3v) is 3.58. The van der Waals surface area contributed by atoms with Crippen LogP contribution in [0.4, 0.5) is 15.8 Å². The second-order valence-electron chi connectivity index (χ2n) is 5.04. The van der Waals surface area contributed by atoms with Crippen LogP contribution in [0.2, 0.25) is 5.02 Å². The van der Waals surface area contributed by atoms with E-state index in [0.717, 1.165) is 6.07 Å². The molecule has 2 aromatic carbocycles. The topological polar surface area (TPSA) is 67.4 Å². The number of nitrogens with one attached hydrogen (secondary N) is 2. The van der Waals surface area contributed by atoms with Crippen LogP contribution in [0.25, 0.3) is 0 Å². The van der Waals surface area contributed by atoms with Crippen molar-refractivity contribution in [3.63, 3.8) is 0 Å². The van der Waals surface area contributed by atoms with Crippen molar-refractivity contribution in [1.29, 1.82) is 0 Å². The minimum atomic E-state index is -0.671. The van der Waals surface area contributed by atoms with Gasteiger partial charge in [-0.15, -0.1) is 0 Å². The van der Waals surface area contributed by atoms with Gasteiger partial charge in [-0.3, -0.25) is 9.59 Å². The molecule has 0 spiro atoms. The summed E-state index contributed by atoms with van der Waals surface area (Å²) in [4.78, 5) is 23.7. The molecule has 1 aliphatic rings. The van der Waals surface area contributed by atoms with E-state index in [9.17, 15) is 14.0 Å². The first kappa shape index (κ1) is 15.3. The van der Waals surface area contributed by atoms with E-state index in [1.807, 2.05) is 0 Å². The van der Waals surface area contributed by atoms with Crippen molar-refractivity contribution in [3.8, 4) is 5.75 Å². The van der Waals surface area contributed by atoms with Gasteiger partial charge < -0.3 is 15.4 Å². The van der Waals surface area contributed by atoms with Crippen LogP contribution in [-0.4, -0.2) is 17.9 Å². The lowest BCUT2D eigenvalue weighted by Crippen LogP contribution is -2.34. The van der Waals surface area contributed by atoms with Gasteiger partial charge in [0.05, 0.1) is 11.3 Å². The second kappa shape index (κ2) is 5.89. The number of amides is 2. The molecule has 23 heavy (non-hydrogen) atoms. The first-order valence-corrected chi connectivity index (χ1v) is 7.20. The molecule has 0 saturated carbocycles. The number of carbonyl (C=O) groups is 2. The first-order valence-electron chi connectivity index (χ1n) is 6.82. The molecule has 5 nitrogen and oxygen atoms in total. The zero-order valence-electron chi connectivity index (χ0n) is 12.0. The molecule has 3 rings (SSSR count). The van der Waals surface area contributed by atoms with Gasteiger partial charge in [-0.25, -0.2) is 4.39 Å². The lowest BCUT2D eigenvalue weighted by atomic mass is 10.1. The normalized spacial score (nSPS) is 16.1. The fourth-order valence-corrected chi connectivity index (χ4v) is 2.33. The lowest BCUT2D eigenvalue weighted by molar-refractivity contribution is -0.122. The Hall–Kier alpha value is -2.60. The number of rotatable bonds is 2. The van der Waals surface area contributed by atoms with E-state index in [4.69, 9.17) is 16.3 Å². The molecule has 2 amide bonds. The Kier molecular flexibility index (Phi) is 3.92. The zero-order chi connectivity index (χ0) is 16.6. The van der Waals surface area contributed by atoms with Crippen LogP contribution in [-0.2, 0) is 4.79 Å². The Balaban J connectivity index is 1.84. The van der Waals surface area contributed by atoms with Crippen molar-refractivity contribution >= 4 is 34.8 Å². The summed E-state index contributed by atoms with van der Waals surface area (Å²) in [7, 11) is 0. The molecule has 0 radical (unpaired) electrons. The van der Waals surface area contributed by atoms with Crippen molar-refractivity contribution in [2.75, 3.05) is 10.6 Å². The fraction of sp³-hybridized carbons (Fsp3) is 0.125. The predicted molar refractivity (Wildman–Crippen MR) is 84.5 cm³/mol. The Morgan fingerprint density at radius 1 is 1.30 bits per heavy atom. The molecular weight excluding hydrogens is 323 g/mol. The van der Waals surface area contributed by atoms with Gasteiger partial charge in [-0.1, -0.05) is 11.6 Å². The van der Waals surface area contributed by atoms with Crippen LogP contribution in [0.5, 0.6) is 5.75 Å². The summed E-state index contributed by atoms with van der Waals surface area (Å²) in [5.41, 5.74) is 0.674.